The van der Waals surface area contributed by atoms with Crippen LogP contribution in [0.4, 0.5) is 0 Å². The first-order valence-electron chi connectivity index (χ1n) is 5.69. The van der Waals surface area contributed by atoms with Gasteiger partial charge in [-0.3, -0.25) is 4.79 Å². The van der Waals surface area contributed by atoms with Gasteiger partial charge in [0.1, 0.15) is 0 Å². The molecule has 1 aromatic heterocycles. The Balaban J connectivity index is 2.20. The Bertz CT molecular complexity index is 663. The highest BCUT2D eigenvalue weighted by molar-refractivity contribution is 7.99. The fraction of sp³-hybridized carbons (Fsp3) is 0.0667. The molecule has 0 radical (unpaired) electrons. The second kappa shape index (κ2) is 6.62. The smallest absolute Gasteiger partial charge is 0.264 e. The van der Waals surface area contributed by atoms with E-state index in [0.717, 1.165) is 10.5 Å². The second-order valence-corrected chi connectivity index (χ2v) is 4.73. The van der Waals surface area contributed by atoms with Gasteiger partial charge in [-0.25, -0.2) is 5.10 Å². The number of nitrogens with zero attached hydrogens (tertiary/aromatic N) is 1. The normalized spacial score (nSPS) is 10.5. The van der Waals surface area contributed by atoms with Gasteiger partial charge in [0.2, 0.25) is 0 Å². The number of H-pyrrole nitrogens is 1. The number of thioether (sulfide) groups is 1. The van der Waals surface area contributed by atoms with Crippen molar-refractivity contribution in [1.82, 2.24) is 10.2 Å². The van der Waals surface area contributed by atoms with Crippen LogP contribution in [-0.4, -0.2) is 16.0 Å². The van der Waals surface area contributed by atoms with Crippen LogP contribution >= 0.6 is 11.8 Å². The monoisotopic (exact) mass is 268 g/mol. The summed E-state index contributed by atoms with van der Waals surface area (Å²) in [5.41, 5.74) is 1.58. The standard InChI is InChI=1S/C15H12N2OS/c1-2-11-19-14-6-4-3-5-12(14)7-8-13-9-10-15(18)17-16-13/h1,3-10H,11H2,(H,17,18). The minimum atomic E-state index is -0.206. The van der Waals surface area contributed by atoms with Gasteiger partial charge in [-0.2, -0.15) is 5.10 Å². The molecule has 4 heteroatoms. The molecule has 94 valence electrons. The van der Waals surface area contributed by atoms with Crippen LogP contribution in [0.5, 0.6) is 0 Å². The first-order chi connectivity index (χ1) is 9.29. The molecule has 0 aliphatic rings. The highest BCUT2D eigenvalue weighted by atomic mass is 32.2. The average Bonchev–Trinajstić information content (AvgIpc) is 2.45. The van der Waals surface area contributed by atoms with Gasteiger partial charge in [0, 0.05) is 11.0 Å². The van der Waals surface area contributed by atoms with Crippen molar-refractivity contribution in [3.8, 4) is 12.3 Å². The molecular weight excluding hydrogens is 256 g/mol. The zero-order valence-corrected chi connectivity index (χ0v) is 11.0. The van der Waals surface area contributed by atoms with Crippen LogP contribution in [0.3, 0.4) is 0 Å². The van der Waals surface area contributed by atoms with E-state index in [2.05, 4.69) is 16.1 Å². The van der Waals surface area contributed by atoms with Gasteiger partial charge < -0.3 is 0 Å². The molecule has 1 heterocycles. The van der Waals surface area contributed by atoms with Crippen LogP contribution in [0.15, 0.2) is 46.1 Å². The number of aromatic amines is 1. The molecule has 0 aliphatic carbocycles. The topological polar surface area (TPSA) is 45.8 Å². The van der Waals surface area contributed by atoms with Gasteiger partial charge in [-0.1, -0.05) is 30.2 Å². The van der Waals surface area contributed by atoms with Crippen molar-refractivity contribution in [1.29, 1.82) is 0 Å². The number of rotatable bonds is 4. The molecule has 19 heavy (non-hydrogen) atoms. The van der Waals surface area contributed by atoms with Gasteiger partial charge in [0.25, 0.3) is 5.56 Å². The highest BCUT2D eigenvalue weighted by Crippen LogP contribution is 2.23. The Labute approximate surface area is 115 Å². The van der Waals surface area contributed by atoms with Crippen LogP contribution in [0, 0.1) is 12.3 Å². The number of hydrogen-bond donors (Lipinski definition) is 1. The van der Waals surface area contributed by atoms with E-state index >= 15 is 0 Å². The van der Waals surface area contributed by atoms with E-state index in [1.165, 1.54) is 6.07 Å². The van der Waals surface area contributed by atoms with Crippen LogP contribution in [0.1, 0.15) is 11.3 Å². The fourth-order valence-corrected chi connectivity index (χ4v) is 2.21. The van der Waals surface area contributed by atoms with Gasteiger partial charge in [-0.15, -0.1) is 18.2 Å². The molecule has 0 unspecified atom stereocenters. The Morgan fingerprint density at radius 3 is 2.84 bits per heavy atom. The maximum absolute atomic E-state index is 10.9. The number of nitrogens with one attached hydrogen (secondary N) is 1. The van der Waals surface area contributed by atoms with E-state index in [0.29, 0.717) is 11.4 Å². The Hall–Kier alpha value is -2.25. The summed E-state index contributed by atoms with van der Waals surface area (Å²) in [6.07, 6.45) is 9.08. The third-order valence-electron chi connectivity index (χ3n) is 2.36. The van der Waals surface area contributed by atoms with Crippen molar-refractivity contribution in [3.63, 3.8) is 0 Å². The Kier molecular flexibility index (Phi) is 4.60. The Morgan fingerprint density at radius 2 is 2.11 bits per heavy atom. The molecule has 2 rings (SSSR count). The van der Waals surface area contributed by atoms with Crippen LogP contribution < -0.4 is 5.56 Å². The lowest BCUT2D eigenvalue weighted by atomic mass is 10.2. The summed E-state index contributed by atoms with van der Waals surface area (Å²) >= 11 is 1.62. The summed E-state index contributed by atoms with van der Waals surface area (Å²) in [4.78, 5) is 12.0. The van der Waals surface area contributed by atoms with Crippen LogP contribution in [0.2, 0.25) is 0 Å². The summed E-state index contributed by atoms with van der Waals surface area (Å²) in [6.45, 7) is 0. The summed E-state index contributed by atoms with van der Waals surface area (Å²) in [5.74, 6) is 3.25. The molecule has 2 aromatic rings. The molecule has 3 nitrogen and oxygen atoms in total. The van der Waals surface area contributed by atoms with E-state index in [4.69, 9.17) is 6.42 Å². The lowest BCUT2D eigenvalue weighted by Gasteiger charge is -2.02. The predicted octanol–water partition coefficient (Wildman–Crippen LogP) is 2.67. The lowest BCUT2D eigenvalue weighted by Crippen LogP contribution is -2.05. The van der Waals surface area contributed by atoms with Crippen molar-refractivity contribution < 1.29 is 0 Å². The van der Waals surface area contributed by atoms with E-state index in [1.54, 1.807) is 17.8 Å². The SMILES string of the molecule is C#CCSc1ccccc1C=Cc1ccc(=O)[nH]n1. The molecule has 0 spiro atoms. The summed E-state index contributed by atoms with van der Waals surface area (Å²) < 4.78 is 0. The molecule has 0 bridgehead atoms. The molecule has 0 saturated carbocycles. The number of aromatic nitrogens is 2. The Morgan fingerprint density at radius 1 is 1.26 bits per heavy atom. The summed E-state index contributed by atoms with van der Waals surface area (Å²) in [6, 6.07) is 11.1. The van der Waals surface area contributed by atoms with Gasteiger partial charge in [0.05, 0.1) is 11.4 Å². The number of benzene rings is 1. The summed E-state index contributed by atoms with van der Waals surface area (Å²) in [5, 5.41) is 6.32. The second-order valence-electron chi connectivity index (χ2n) is 3.71. The molecule has 0 fully saturated rings. The summed E-state index contributed by atoms with van der Waals surface area (Å²) in [7, 11) is 0. The molecule has 0 aliphatic heterocycles. The third kappa shape index (κ3) is 3.87. The van der Waals surface area contributed by atoms with Gasteiger partial charge >= 0.3 is 0 Å². The molecule has 0 amide bonds. The van der Waals surface area contributed by atoms with Crippen molar-refractivity contribution in [2.24, 2.45) is 0 Å². The highest BCUT2D eigenvalue weighted by Gasteiger charge is 1.98. The van der Waals surface area contributed by atoms with E-state index in [9.17, 15) is 4.79 Å². The average molecular weight is 268 g/mol. The van der Waals surface area contributed by atoms with Crippen molar-refractivity contribution in [2.75, 3.05) is 5.75 Å². The molecule has 0 atom stereocenters. The number of terminal acetylenes is 1. The molecule has 1 N–H and O–H groups in total. The minimum absolute atomic E-state index is 0.206. The third-order valence-corrected chi connectivity index (χ3v) is 3.36. The maximum atomic E-state index is 10.9. The van der Waals surface area contributed by atoms with E-state index in [-0.39, 0.29) is 5.56 Å². The van der Waals surface area contributed by atoms with Crippen molar-refractivity contribution >= 4 is 23.9 Å². The van der Waals surface area contributed by atoms with Crippen molar-refractivity contribution in [3.05, 3.63) is 58.0 Å². The zero-order valence-electron chi connectivity index (χ0n) is 10.2. The lowest BCUT2D eigenvalue weighted by molar-refractivity contribution is 0.977. The molecular formula is C15H12N2OS. The zero-order chi connectivity index (χ0) is 13.5. The van der Waals surface area contributed by atoms with Crippen LogP contribution in [0.25, 0.3) is 12.2 Å². The van der Waals surface area contributed by atoms with Gasteiger partial charge in [0.15, 0.2) is 0 Å². The first kappa shape index (κ1) is 13.2. The molecule has 1 aromatic carbocycles. The van der Waals surface area contributed by atoms with Gasteiger partial charge in [-0.05, 0) is 23.8 Å². The van der Waals surface area contributed by atoms with Crippen LogP contribution in [-0.2, 0) is 0 Å². The maximum Gasteiger partial charge on any atom is 0.264 e. The minimum Gasteiger partial charge on any atom is -0.268 e. The fourth-order valence-electron chi connectivity index (χ4n) is 1.49. The van der Waals surface area contributed by atoms with Crippen molar-refractivity contribution in [2.45, 2.75) is 4.90 Å². The number of hydrogen-bond acceptors (Lipinski definition) is 3. The van der Waals surface area contributed by atoms with E-state index in [1.807, 2.05) is 36.4 Å². The molecule has 0 saturated heterocycles. The quantitative estimate of drug-likeness (QED) is 0.685. The predicted molar refractivity (Wildman–Crippen MR) is 79.8 cm³/mol. The van der Waals surface area contributed by atoms with E-state index < -0.39 is 0 Å². The largest absolute Gasteiger partial charge is 0.268 e. The first-order valence-corrected chi connectivity index (χ1v) is 6.67.